The number of carbonyl (C=O) groups excluding carboxylic acids is 2. The highest BCUT2D eigenvalue weighted by atomic mass is 16.2. The Morgan fingerprint density at radius 1 is 1.05 bits per heavy atom. The van der Waals surface area contributed by atoms with E-state index in [-0.39, 0.29) is 17.7 Å². The normalized spacial score (nSPS) is 18.4. The quantitative estimate of drug-likeness (QED) is 0.505. The van der Waals surface area contributed by atoms with E-state index in [4.69, 9.17) is 5.73 Å². The fourth-order valence-electron chi connectivity index (χ4n) is 2.68. The summed E-state index contributed by atoms with van der Waals surface area (Å²) in [6.07, 6.45) is 6.31. The first kappa shape index (κ1) is 17.0. The summed E-state index contributed by atoms with van der Waals surface area (Å²) in [5.41, 5.74) is 5.48. The van der Waals surface area contributed by atoms with Crippen molar-refractivity contribution in [1.29, 1.82) is 0 Å². The average molecular weight is 283 g/mol. The minimum atomic E-state index is -0.390. The Bertz CT molecular complexity index is 321. The van der Waals surface area contributed by atoms with Gasteiger partial charge in [-0.05, 0) is 12.8 Å². The number of nitrogens with two attached hydrogens (primary N) is 1. The van der Waals surface area contributed by atoms with Gasteiger partial charge in [-0.25, -0.2) is 0 Å². The lowest BCUT2D eigenvalue weighted by Crippen LogP contribution is -2.47. The lowest BCUT2D eigenvalue weighted by Gasteiger charge is -2.29. The van der Waals surface area contributed by atoms with Gasteiger partial charge >= 0.3 is 0 Å². The monoisotopic (exact) mass is 283 g/mol. The first-order valence-electron chi connectivity index (χ1n) is 7.78. The van der Waals surface area contributed by atoms with Gasteiger partial charge in [-0.2, -0.15) is 0 Å². The lowest BCUT2D eigenvalue weighted by atomic mass is 9.79. The van der Waals surface area contributed by atoms with Gasteiger partial charge in [-0.1, -0.05) is 39.5 Å². The van der Waals surface area contributed by atoms with Crippen LogP contribution in [0.15, 0.2) is 0 Å². The van der Waals surface area contributed by atoms with Crippen LogP contribution < -0.4 is 16.4 Å². The second-order valence-corrected chi connectivity index (χ2v) is 6.10. The van der Waals surface area contributed by atoms with E-state index < -0.39 is 5.41 Å². The highest BCUT2D eigenvalue weighted by Crippen LogP contribution is 2.34. The molecule has 0 unspecified atom stereocenters. The third-order valence-electron chi connectivity index (χ3n) is 4.17. The van der Waals surface area contributed by atoms with E-state index in [1.54, 1.807) is 0 Å². The number of carbonyl (C=O) groups is 2. The minimum Gasteiger partial charge on any atom is -0.354 e. The minimum absolute atomic E-state index is 0.0160. The molecule has 116 valence electrons. The van der Waals surface area contributed by atoms with Crippen LogP contribution in [0.2, 0.25) is 0 Å². The van der Waals surface area contributed by atoms with Crippen molar-refractivity contribution in [3.05, 3.63) is 0 Å². The van der Waals surface area contributed by atoms with Crippen LogP contribution in [0.25, 0.3) is 0 Å². The zero-order valence-corrected chi connectivity index (χ0v) is 12.8. The van der Waals surface area contributed by atoms with E-state index in [0.29, 0.717) is 19.6 Å². The first-order valence-corrected chi connectivity index (χ1v) is 7.78. The second-order valence-electron chi connectivity index (χ2n) is 6.10. The standard InChI is InChI=1S/C15H29N3O2/c1-12(2)13(19)17-9-10-18-14(20)15(11-16)7-5-3-4-6-8-15/h12H,3-11,16H2,1-2H3,(H,17,19)(H,18,20). The van der Waals surface area contributed by atoms with E-state index in [2.05, 4.69) is 10.6 Å². The van der Waals surface area contributed by atoms with E-state index in [0.717, 1.165) is 25.7 Å². The molecule has 0 aliphatic heterocycles. The summed E-state index contributed by atoms with van der Waals surface area (Å²) >= 11 is 0. The van der Waals surface area contributed by atoms with Crippen molar-refractivity contribution in [2.45, 2.75) is 52.4 Å². The number of amides is 2. The number of nitrogens with one attached hydrogen (secondary N) is 2. The Labute approximate surface area is 122 Å². The fourth-order valence-corrected chi connectivity index (χ4v) is 2.68. The molecule has 0 aromatic heterocycles. The molecular formula is C15H29N3O2. The molecule has 0 aromatic carbocycles. The molecule has 0 bridgehead atoms. The summed E-state index contributed by atoms with van der Waals surface area (Å²) in [6.45, 7) is 5.06. The van der Waals surface area contributed by atoms with Crippen LogP contribution in [0.4, 0.5) is 0 Å². The van der Waals surface area contributed by atoms with Gasteiger partial charge in [-0.15, -0.1) is 0 Å². The Morgan fingerprint density at radius 3 is 2.10 bits per heavy atom. The van der Waals surface area contributed by atoms with Gasteiger partial charge in [0.15, 0.2) is 0 Å². The highest BCUT2D eigenvalue weighted by molar-refractivity contribution is 5.83. The molecule has 1 aliphatic carbocycles. The van der Waals surface area contributed by atoms with Crippen LogP contribution in [0.3, 0.4) is 0 Å². The van der Waals surface area contributed by atoms with Gasteiger partial charge < -0.3 is 16.4 Å². The zero-order chi connectivity index (χ0) is 15.0. The molecule has 1 rings (SSSR count). The van der Waals surface area contributed by atoms with E-state index >= 15 is 0 Å². The molecular weight excluding hydrogens is 254 g/mol. The van der Waals surface area contributed by atoms with Crippen LogP contribution in [0.1, 0.15) is 52.4 Å². The van der Waals surface area contributed by atoms with Crippen LogP contribution in [0, 0.1) is 11.3 Å². The molecule has 0 radical (unpaired) electrons. The van der Waals surface area contributed by atoms with Crippen molar-refractivity contribution >= 4 is 11.8 Å². The third-order valence-corrected chi connectivity index (χ3v) is 4.17. The fraction of sp³-hybridized carbons (Fsp3) is 0.867. The van der Waals surface area contributed by atoms with Crippen molar-refractivity contribution in [3.8, 4) is 0 Å². The Kier molecular flexibility index (Phi) is 6.99. The number of rotatable bonds is 6. The molecule has 0 aromatic rings. The van der Waals surface area contributed by atoms with Crippen molar-refractivity contribution in [1.82, 2.24) is 10.6 Å². The van der Waals surface area contributed by atoms with Gasteiger partial charge in [0.1, 0.15) is 0 Å². The Morgan fingerprint density at radius 2 is 1.60 bits per heavy atom. The van der Waals surface area contributed by atoms with Gasteiger partial charge in [0.25, 0.3) is 0 Å². The van der Waals surface area contributed by atoms with Crippen molar-refractivity contribution in [2.24, 2.45) is 17.1 Å². The third kappa shape index (κ3) is 4.78. The predicted octanol–water partition coefficient (Wildman–Crippen LogP) is 1.17. The molecule has 20 heavy (non-hydrogen) atoms. The van der Waals surface area contributed by atoms with Gasteiger partial charge in [0, 0.05) is 25.6 Å². The molecule has 2 amide bonds. The summed E-state index contributed by atoms with van der Waals surface area (Å²) in [5.74, 6) is 0.0471. The molecule has 4 N–H and O–H groups in total. The first-order chi connectivity index (χ1) is 9.52. The molecule has 5 nitrogen and oxygen atoms in total. The Balaban J connectivity index is 2.38. The van der Waals surface area contributed by atoms with E-state index in [1.165, 1.54) is 12.8 Å². The summed E-state index contributed by atoms with van der Waals surface area (Å²) in [5, 5.41) is 5.73. The molecule has 0 saturated heterocycles. The molecule has 1 aliphatic rings. The summed E-state index contributed by atoms with van der Waals surface area (Å²) in [6, 6.07) is 0. The Hall–Kier alpha value is -1.10. The molecule has 0 atom stereocenters. The maximum Gasteiger partial charge on any atom is 0.227 e. The molecule has 0 spiro atoms. The van der Waals surface area contributed by atoms with Crippen molar-refractivity contribution in [2.75, 3.05) is 19.6 Å². The van der Waals surface area contributed by atoms with Crippen LogP contribution in [0.5, 0.6) is 0 Å². The number of hydrogen-bond acceptors (Lipinski definition) is 3. The van der Waals surface area contributed by atoms with E-state index in [1.807, 2.05) is 13.8 Å². The van der Waals surface area contributed by atoms with Gasteiger partial charge in [0.05, 0.1) is 5.41 Å². The molecule has 0 heterocycles. The van der Waals surface area contributed by atoms with Crippen molar-refractivity contribution in [3.63, 3.8) is 0 Å². The summed E-state index contributed by atoms with van der Waals surface area (Å²) in [7, 11) is 0. The van der Waals surface area contributed by atoms with Crippen LogP contribution >= 0.6 is 0 Å². The maximum atomic E-state index is 12.4. The number of hydrogen-bond donors (Lipinski definition) is 3. The second kappa shape index (κ2) is 8.25. The molecule has 1 saturated carbocycles. The maximum absolute atomic E-state index is 12.4. The van der Waals surface area contributed by atoms with E-state index in [9.17, 15) is 9.59 Å². The van der Waals surface area contributed by atoms with Crippen LogP contribution in [-0.4, -0.2) is 31.4 Å². The zero-order valence-electron chi connectivity index (χ0n) is 12.8. The van der Waals surface area contributed by atoms with Gasteiger partial charge in [-0.3, -0.25) is 9.59 Å². The largest absolute Gasteiger partial charge is 0.354 e. The van der Waals surface area contributed by atoms with Crippen molar-refractivity contribution < 1.29 is 9.59 Å². The molecule has 5 heteroatoms. The predicted molar refractivity (Wildman–Crippen MR) is 80.0 cm³/mol. The average Bonchev–Trinajstić information content (AvgIpc) is 2.69. The molecule has 1 fully saturated rings. The lowest BCUT2D eigenvalue weighted by molar-refractivity contribution is -0.131. The SMILES string of the molecule is CC(C)C(=O)NCCNC(=O)C1(CN)CCCCCC1. The topological polar surface area (TPSA) is 84.2 Å². The highest BCUT2D eigenvalue weighted by Gasteiger charge is 2.36. The summed E-state index contributed by atoms with van der Waals surface area (Å²) in [4.78, 5) is 23.8. The van der Waals surface area contributed by atoms with Gasteiger partial charge in [0.2, 0.25) is 11.8 Å². The van der Waals surface area contributed by atoms with Crippen LogP contribution in [-0.2, 0) is 9.59 Å². The summed E-state index contributed by atoms with van der Waals surface area (Å²) < 4.78 is 0. The smallest absolute Gasteiger partial charge is 0.227 e.